The van der Waals surface area contributed by atoms with E-state index < -0.39 is 0 Å². The Bertz CT molecular complexity index is 106. The first-order valence-electron chi connectivity index (χ1n) is 4.28. The Morgan fingerprint density at radius 2 is 1.64 bits per heavy atom. The highest BCUT2D eigenvalue weighted by atomic mass is 16.5. The normalized spacial score (nSPS) is 27.3. The number of nitrogens with zero attached hydrogens (tertiary/aromatic N) is 1. The lowest BCUT2D eigenvalue weighted by molar-refractivity contribution is -0.0698. The lowest BCUT2D eigenvalue weighted by Gasteiger charge is -2.39. The fourth-order valence-electron chi connectivity index (χ4n) is 1.72. The molecule has 0 N–H and O–H groups in total. The van der Waals surface area contributed by atoms with Gasteiger partial charge in [0.15, 0.2) is 0 Å². The van der Waals surface area contributed by atoms with Crippen LogP contribution in [0.1, 0.15) is 26.7 Å². The van der Waals surface area contributed by atoms with Crippen LogP contribution in [0.4, 0.5) is 0 Å². The van der Waals surface area contributed by atoms with Crippen molar-refractivity contribution in [1.29, 1.82) is 0 Å². The fourth-order valence-corrected chi connectivity index (χ4v) is 1.72. The smallest absolute Gasteiger partial charge is 0.0645 e. The molecular formula is C9H19NO. The molecule has 0 aliphatic carbocycles. The van der Waals surface area contributed by atoms with Crippen LogP contribution in [0.5, 0.6) is 0 Å². The van der Waals surface area contributed by atoms with E-state index in [4.69, 9.17) is 4.74 Å². The van der Waals surface area contributed by atoms with E-state index in [9.17, 15) is 0 Å². The Kier molecular flexibility index (Phi) is 3.34. The molecule has 2 saturated heterocycles. The van der Waals surface area contributed by atoms with Crippen LogP contribution in [0.2, 0.25) is 0 Å². The third-order valence-corrected chi connectivity index (χ3v) is 2.53. The molecule has 0 aromatic carbocycles. The van der Waals surface area contributed by atoms with Crippen LogP contribution in [-0.2, 0) is 4.74 Å². The molecule has 0 aromatic heterocycles. The number of rotatable bonds is 1. The molecule has 0 aromatic rings. The van der Waals surface area contributed by atoms with Gasteiger partial charge in [-0.3, -0.25) is 4.90 Å². The molecule has 2 fully saturated rings. The van der Waals surface area contributed by atoms with Crippen LogP contribution in [-0.4, -0.2) is 37.2 Å². The summed E-state index contributed by atoms with van der Waals surface area (Å²) in [4.78, 5) is 2.58. The molecule has 0 radical (unpaired) electrons. The highest BCUT2D eigenvalue weighted by Gasteiger charge is 2.26. The molecule has 0 saturated carbocycles. The van der Waals surface area contributed by atoms with Crippen LogP contribution in [0.15, 0.2) is 0 Å². The van der Waals surface area contributed by atoms with Crippen LogP contribution >= 0.6 is 0 Å². The van der Waals surface area contributed by atoms with E-state index in [1.807, 2.05) is 0 Å². The van der Waals surface area contributed by atoms with Crippen molar-refractivity contribution in [2.45, 2.75) is 32.7 Å². The number of piperidine rings is 1. The second-order valence-electron chi connectivity index (χ2n) is 3.29. The summed E-state index contributed by atoms with van der Waals surface area (Å²) in [6.45, 7) is 4.60. The third kappa shape index (κ3) is 1.94. The molecule has 0 amide bonds. The van der Waals surface area contributed by atoms with Crippen molar-refractivity contribution in [3.63, 3.8) is 0 Å². The maximum Gasteiger partial charge on any atom is 0.0645 e. The third-order valence-electron chi connectivity index (χ3n) is 2.53. The summed E-state index contributed by atoms with van der Waals surface area (Å²) in [6, 6.07) is 0.778. The van der Waals surface area contributed by atoms with Gasteiger partial charge in [0.25, 0.3) is 0 Å². The molecular weight excluding hydrogens is 138 g/mol. The van der Waals surface area contributed by atoms with E-state index in [2.05, 4.69) is 4.90 Å². The summed E-state index contributed by atoms with van der Waals surface area (Å²) in [5, 5.41) is 0. The quantitative estimate of drug-likeness (QED) is 0.572. The fraction of sp³-hybridized carbons (Fsp3) is 1.00. The Morgan fingerprint density at radius 1 is 1.00 bits per heavy atom. The molecule has 0 atom stereocenters. The Hall–Kier alpha value is -0.0800. The van der Waals surface area contributed by atoms with Crippen molar-refractivity contribution in [3.05, 3.63) is 0 Å². The monoisotopic (exact) mass is 157 g/mol. The summed E-state index contributed by atoms with van der Waals surface area (Å²) in [6.07, 6.45) is 4.23. The number of ether oxygens (including phenoxy) is 1. The zero-order valence-electron chi connectivity index (χ0n) is 6.38. The Balaban J connectivity index is 0.000000605. The minimum atomic E-state index is 0. The predicted octanol–water partition coefficient (Wildman–Crippen LogP) is 1.51. The van der Waals surface area contributed by atoms with E-state index in [1.165, 1.54) is 32.4 Å². The van der Waals surface area contributed by atoms with E-state index in [-0.39, 0.29) is 7.43 Å². The standard InChI is InChI=1S/C8H15NO.CH4/c1-2-4-9(5-3-1)8-6-10-7-8;/h8H,1-7H2;1H4. The van der Waals surface area contributed by atoms with Crippen molar-refractivity contribution >= 4 is 0 Å². The zero-order valence-corrected chi connectivity index (χ0v) is 6.38. The molecule has 0 spiro atoms. The van der Waals surface area contributed by atoms with E-state index in [1.54, 1.807) is 0 Å². The first kappa shape index (κ1) is 9.01. The molecule has 2 rings (SSSR count). The van der Waals surface area contributed by atoms with E-state index >= 15 is 0 Å². The van der Waals surface area contributed by atoms with Gasteiger partial charge in [-0.2, -0.15) is 0 Å². The maximum atomic E-state index is 5.15. The average Bonchev–Trinajstić information content (AvgIpc) is 1.86. The molecule has 2 heteroatoms. The zero-order chi connectivity index (χ0) is 6.81. The van der Waals surface area contributed by atoms with Crippen LogP contribution < -0.4 is 0 Å². The van der Waals surface area contributed by atoms with E-state index in [0.29, 0.717) is 0 Å². The van der Waals surface area contributed by atoms with Gasteiger partial charge in [0.05, 0.1) is 19.3 Å². The minimum Gasteiger partial charge on any atom is -0.378 e. The van der Waals surface area contributed by atoms with Crippen molar-refractivity contribution < 1.29 is 4.74 Å². The average molecular weight is 157 g/mol. The SMILES string of the molecule is C.C1CCN(C2COC2)CC1. The summed E-state index contributed by atoms with van der Waals surface area (Å²) in [5.41, 5.74) is 0. The van der Waals surface area contributed by atoms with Gasteiger partial charge in [0.1, 0.15) is 0 Å². The molecule has 11 heavy (non-hydrogen) atoms. The maximum absolute atomic E-state index is 5.15. The first-order chi connectivity index (χ1) is 4.97. The molecule has 2 nitrogen and oxygen atoms in total. The van der Waals surface area contributed by atoms with Gasteiger partial charge >= 0.3 is 0 Å². The molecule has 2 aliphatic rings. The summed E-state index contributed by atoms with van der Waals surface area (Å²) in [5.74, 6) is 0. The second-order valence-corrected chi connectivity index (χ2v) is 3.29. The lowest BCUT2D eigenvalue weighted by Crippen LogP contribution is -2.50. The molecule has 2 aliphatic heterocycles. The van der Waals surface area contributed by atoms with Gasteiger partial charge in [-0.05, 0) is 25.9 Å². The number of hydrogen-bond acceptors (Lipinski definition) is 2. The van der Waals surface area contributed by atoms with Crippen molar-refractivity contribution in [2.75, 3.05) is 26.3 Å². The topological polar surface area (TPSA) is 12.5 Å². The summed E-state index contributed by atoms with van der Waals surface area (Å²) >= 11 is 0. The highest BCUT2D eigenvalue weighted by molar-refractivity contribution is 4.79. The van der Waals surface area contributed by atoms with E-state index in [0.717, 1.165) is 19.3 Å². The minimum absolute atomic E-state index is 0. The van der Waals surface area contributed by atoms with Gasteiger partial charge in [0, 0.05) is 0 Å². The van der Waals surface area contributed by atoms with Crippen molar-refractivity contribution in [3.8, 4) is 0 Å². The van der Waals surface area contributed by atoms with Crippen LogP contribution in [0, 0.1) is 0 Å². The van der Waals surface area contributed by atoms with Crippen LogP contribution in [0.3, 0.4) is 0 Å². The number of likely N-dealkylation sites (tertiary alicyclic amines) is 1. The Morgan fingerprint density at radius 3 is 2.09 bits per heavy atom. The van der Waals surface area contributed by atoms with Gasteiger partial charge in [-0.15, -0.1) is 0 Å². The highest BCUT2D eigenvalue weighted by Crippen LogP contribution is 2.16. The molecule has 2 heterocycles. The summed E-state index contributed by atoms with van der Waals surface area (Å²) in [7, 11) is 0. The van der Waals surface area contributed by atoms with Crippen molar-refractivity contribution in [1.82, 2.24) is 4.90 Å². The number of hydrogen-bond donors (Lipinski definition) is 0. The van der Waals surface area contributed by atoms with Crippen LogP contribution in [0.25, 0.3) is 0 Å². The van der Waals surface area contributed by atoms with Gasteiger partial charge in [0.2, 0.25) is 0 Å². The predicted molar refractivity (Wildman–Crippen MR) is 46.8 cm³/mol. The van der Waals surface area contributed by atoms with Gasteiger partial charge < -0.3 is 4.74 Å². The van der Waals surface area contributed by atoms with Gasteiger partial charge in [-0.1, -0.05) is 13.8 Å². The lowest BCUT2D eigenvalue weighted by atomic mass is 10.1. The molecule has 66 valence electrons. The van der Waals surface area contributed by atoms with Gasteiger partial charge in [-0.25, -0.2) is 0 Å². The Labute approximate surface area is 69.5 Å². The van der Waals surface area contributed by atoms with Crippen molar-refractivity contribution in [2.24, 2.45) is 0 Å². The molecule has 0 unspecified atom stereocenters. The summed E-state index contributed by atoms with van der Waals surface area (Å²) < 4.78 is 5.15. The largest absolute Gasteiger partial charge is 0.378 e. The molecule has 0 bridgehead atoms. The first-order valence-corrected chi connectivity index (χ1v) is 4.28. The second kappa shape index (κ2) is 4.07.